The van der Waals surface area contributed by atoms with Gasteiger partial charge in [0.2, 0.25) is 0 Å². The minimum Gasteiger partial charge on any atom is -0.451 e. The van der Waals surface area contributed by atoms with Gasteiger partial charge in [0.15, 0.2) is 5.76 Å². The predicted molar refractivity (Wildman–Crippen MR) is 66.1 cm³/mol. The quantitative estimate of drug-likeness (QED) is 0.788. The second-order valence-electron chi connectivity index (χ2n) is 4.64. The van der Waals surface area contributed by atoms with E-state index >= 15 is 0 Å². The van der Waals surface area contributed by atoms with Crippen LogP contribution in [0.5, 0.6) is 0 Å². The highest BCUT2D eigenvalue weighted by Gasteiger charge is 2.24. The molecule has 3 N–H and O–H groups in total. The molecular formula is C13H14N2O2. The van der Waals surface area contributed by atoms with Crippen molar-refractivity contribution in [3.05, 3.63) is 29.5 Å². The molecule has 0 fully saturated rings. The van der Waals surface area contributed by atoms with E-state index in [9.17, 15) is 4.79 Å². The zero-order chi connectivity index (χ0) is 12.0. The zero-order valence-electron chi connectivity index (χ0n) is 9.62. The third-order valence-corrected chi connectivity index (χ3v) is 3.23. The Bertz CT molecular complexity index is 601. The lowest BCUT2D eigenvalue weighted by atomic mass is 9.99. The second-order valence-corrected chi connectivity index (χ2v) is 4.64. The lowest BCUT2D eigenvalue weighted by molar-refractivity contribution is 0.0974. The largest absolute Gasteiger partial charge is 0.451 e. The van der Waals surface area contributed by atoms with Crippen LogP contribution in [-0.4, -0.2) is 12.5 Å². The molecule has 1 aromatic carbocycles. The van der Waals surface area contributed by atoms with Gasteiger partial charge in [-0.05, 0) is 24.5 Å². The highest BCUT2D eigenvalue weighted by molar-refractivity contribution is 6.02. The highest BCUT2D eigenvalue weighted by Crippen LogP contribution is 2.35. The van der Waals surface area contributed by atoms with Gasteiger partial charge >= 0.3 is 0 Å². The smallest absolute Gasteiger partial charge is 0.284 e. The molecule has 0 aliphatic carbocycles. The number of nitrogens with one attached hydrogen (secondary N) is 1. The van der Waals surface area contributed by atoms with E-state index in [1.165, 1.54) is 0 Å². The van der Waals surface area contributed by atoms with Gasteiger partial charge in [0.25, 0.3) is 5.91 Å². The number of rotatable bonds is 1. The van der Waals surface area contributed by atoms with E-state index in [4.69, 9.17) is 10.2 Å². The van der Waals surface area contributed by atoms with Crippen LogP contribution in [0.1, 0.15) is 23.0 Å². The summed E-state index contributed by atoms with van der Waals surface area (Å²) in [4.78, 5) is 11.4. The third-order valence-electron chi connectivity index (χ3n) is 3.23. The molecule has 1 aromatic heterocycles. The molecule has 3 rings (SSSR count). The number of carbonyl (C=O) groups excluding carboxylic acids is 1. The summed E-state index contributed by atoms with van der Waals surface area (Å²) in [5, 5.41) is 4.38. The van der Waals surface area contributed by atoms with E-state index in [0.29, 0.717) is 11.7 Å². The first-order valence-corrected chi connectivity index (χ1v) is 5.75. The summed E-state index contributed by atoms with van der Waals surface area (Å²) >= 11 is 0. The van der Waals surface area contributed by atoms with Gasteiger partial charge in [-0.3, -0.25) is 4.79 Å². The molecule has 0 radical (unpaired) electrons. The molecule has 0 bridgehead atoms. The van der Waals surface area contributed by atoms with Crippen LogP contribution in [-0.2, 0) is 6.42 Å². The molecule has 0 saturated carbocycles. The lowest BCUT2D eigenvalue weighted by Gasteiger charge is -2.08. The Kier molecular flexibility index (Phi) is 2.11. The maximum absolute atomic E-state index is 11.4. The molecule has 88 valence electrons. The van der Waals surface area contributed by atoms with E-state index in [-0.39, 0.29) is 0 Å². The number of amides is 1. The molecule has 1 aliphatic rings. The molecule has 4 nitrogen and oxygen atoms in total. The van der Waals surface area contributed by atoms with Gasteiger partial charge in [0, 0.05) is 23.2 Å². The summed E-state index contributed by atoms with van der Waals surface area (Å²) in [5.74, 6) is 0.264. The SMILES string of the molecule is CC1CNc2cccc3oc(C(N)=O)c(c23)C1. The van der Waals surface area contributed by atoms with Gasteiger partial charge in [-0.1, -0.05) is 13.0 Å². The molecule has 1 atom stereocenters. The van der Waals surface area contributed by atoms with Crippen molar-refractivity contribution in [2.75, 3.05) is 11.9 Å². The van der Waals surface area contributed by atoms with E-state index in [0.717, 1.165) is 35.2 Å². The molecule has 17 heavy (non-hydrogen) atoms. The van der Waals surface area contributed by atoms with Crippen LogP contribution in [0.4, 0.5) is 5.69 Å². The fourth-order valence-corrected chi connectivity index (χ4v) is 2.46. The Labute approximate surface area is 98.8 Å². The molecule has 2 heterocycles. The highest BCUT2D eigenvalue weighted by atomic mass is 16.3. The van der Waals surface area contributed by atoms with Crippen LogP contribution >= 0.6 is 0 Å². The molecule has 2 aromatic rings. The van der Waals surface area contributed by atoms with Crippen molar-refractivity contribution in [2.45, 2.75) is 13.3 Å². The maximum atomic E-state index is 11.4. The van der Waals surface area contributed by atoms with Crippen molar-refractivity contribution in [2.24, 2.45) is 11.7 Å². The molecular weight excluding hydrogens is 216 g/mol. The normalized spacial score (nSPS) is 18.8. The number of carbonyl (C=O) groups is 1. The molecule has 0 saturated heterocycles. The fourth-order valence-electron chi connectivity index (χ4n) is 2.46. The van der Waals surface area contributed by atoms with Crippen molar-refractivity contribution in [1.82, 2.24) is 0 Å². The summed E-state index contributed by atoms with van der Waals surface area (Å²) in [5.41, 5.74) is 8.07. The van der Waals surface area contributed by atoms with Crippen LogP contribution in [0.15, 0.2) is 22.6 Å². The van der Waals surface area contributed by atoms with Crippen molar-refractivity contribution in [3.8, 4) is 0 Å². The van der Waals surface area contributed by atoms with E-state index < -0.39 is 5.91 Å². The van der Waals surface area contributed by atoms with Crippen LogP contribution in [0.3, 0.4) is 0 Å². The monoisotopic (exact) mass is 230 g/mol. The standard InChI is InChI=1S/C13H14N2O2/c1-7-5-8-11-9(15-6-7)3-2-4-10(11)17-12(8)13(14)16/h2-4,7,15H,5-6H2,1H3,(H2,14,16). The maximum Gasteiger partial charge on any atom is 0.284 e. The molecule has 1 aliphatic heterocycles. The fraction of sp³-hybridized carbons (Fsp3) is 0.308. The zero-order valence-corrected chi connectivity index (χ0v) is 9.62. The molecule has 1 amide bonds. The summed E-state index contributed by atoms with van der Waals surface area (Å²) in [6.45, 7) is 3.04. The average molecular weight is 230 g/mol. The van der Waals surface area contributed by atoms with Gasteiger partial charge in [-0.2, -0.15) is 0 Å². The van der Waals surface area contributed by atoms with Crippen molar-refractivity contribution in [3.63, 3.8) is 0 Å². The number of primary amides is 1. The minimum atomic E-state index is -0.490. The first kappa shape index (κ1) is 10.2. The molecule has 0 spiro atoms. The van der Waals surface area contributed by atoms with Crippen LogP contribution in [0, 0.1) is 5.92 Å². The van der Waals surface area contributed by atoms with Crippen molar-refractivity contribution < 1.29 is 9.21 Å². The minimum absolute atomic E-state index is 0.308. The summed E-state index contributed by atoms with van der Waals surface area (Å²) in [6, 6.07) is 5.79. The summed E-state index contributed by atoms with van der Waals surface area (Å²) < 4.78 is 5.56. The Morgan fingerprint density at radius 1 is 1.53 bits per heavy atom. The van der Waals surface area contributed by atoms with E-state index in [1.807, 2.05) is 18.2 Å². The Hall–Kier alpha value is -1.97. The Morgan fingerprint density at radius 3 is 3.12 bits per heavy atom. The predicted octanol–water partition coefficient (Wildman–Crippen LogP) is 2.14. The first-order chi connectivity index (χ1) is 8.16. The van der Waals surface area contributed by atoms with E-state index in [2.05, 4.69) is 12.2 Å². The van der Waals surface area contributed by atoms with Gasteiger partial charge < -0.3 is 15.5 Å². The number of benzene rings is 1. The third kappa shape index (κ3) is 1.48. The first-order valence-electron chi connectivity index (χ1n) is 5.75. The summed E-state index contributed by atoms with van der Waals surface area (Å²) in [7, 11) is 0. The summed E-state index contributed by atoms with van der Waals surface area (Å²) in [6.07, 6.45) is 0.815. The van der Waals surface area contributed by atoms with Gasteiger partial charge in [-0.25, -0.2) is 0 Å². The number of furan rings is 1. The molecule has 1 unspecified atom stereocenters. The number of nitrogens with two attached hydrogens (primary N) is 1. The van der Waals surface area contributed by atoms with Gasteiger partial charge in [0.05, 0.1) is 0 Å². The van der Waals surface area contributed by atoms with Gasteiger partial charge in [0.1, 0.15) is 5.58 Å². The van der Waals surface area contributed by atoms with Crippen molar-refractivity contribution in [1.29, 1.82) is 0 Å². The topological polar surface area (TPSA) is 68.3 Å². The number of hydrogen-bond donors (Lipinski definition) is 2. The second kappa shape index (κ2) is 3.52. The number of anilines is 1. The number of hydrogen-bond acceptors (Lipinski definition) is 3. The van der Waals surface area contributed by atoms with E-state index in [1.54, 1.807) is 0 Å². The van der Waals surface area contributed by atoms with Gasteiger partial charge in [-0.15, -0.1) is 0 Å². The van der Waals surface area contributed by atoms with Crippen LogP contribution in [0.25, 0.3) is 11.0 Å². The van der Waals surface area contributed by atoms with Crippen molar-refractivity contribution >= 4 is 22.6 Å². The van der Waals surface area contributed by atoms with Crippen LogP contribution in [0.2, 0.25) is 0 Å². The molecule has 4 heteroatoms. The van der Waals surface area contributed by atoms with Crippen LogP contribution < -0.4 is 11.1 Å². The average Bonchev–Trinajstić information content (AvgIpc) is 2.57. The Balaban J connectivity index is 2.35. The lowest BCUT2D eigenvalue weighted by Crippen LogP contribution is -2.15. The Morgan fingerprint density at radius 2 is 2.35 bits per heavy atom.